The minimum absolute atomic E-state index is 0.0231. The Labute approximate surface area is 207 Å². The average molecular weight is 491 g/mol. The van der Waals surface area contributed by atoms with E-state index in [4.69, 9.17) is 4.74 Å². The minimum atomic E-state index is -1.13. The zero-order valence-corrected chi connectivity index (χ0v) is 22.3. The van der Waals surface area contributed by atoms with Crippen LogP contribution >= 0.6 is 11.3 Å². The molecule has 0 bridgehead atoms. The van der Waals surface area contributed by atoms with Crippen LogP contribution in [-0.4, -0.2) is 61.1 Å². The predicted molar refractivity (Wildman–Crippen MR) is 135 cm³/mol. The number of ether oxygens (including phenoxy) is 1. The highest BCUT2D eigenvalue weighted by Crippen LogP contribution is 2.36. The molecule has 1 aromatic rings. The van der Waals surface area contributed by atoms with Crippen molar-refractivity contribution in [3.63, 3.8) is 0 Å². The van der Waals surface area contributed by atoms with Crippen molar-refractivity contribution in [1.29, 1.82) is 0 Å². The number of carboxylic acids is 1. The van der Waals surface area contributed by atoms with Gasteiger partial charge in [-0.2, -0.15) is 0 Å². The number of likely N-dealkylation sites (N-methyl/N-ethyl adjacent to an activating group) is 1. The number of rotatable bonds is 8. The van der Waals surface area contributed by atoms with Crippen LogP contribution in [0.25, 0.3) is 0 Å². The molecule has 34 heavy (non-hydrogen) atoms. The molecular weight excluding hydrogens is 452 g/mol. The van der Waals surface area contributed by atoms with Gasteiger partial charge in [0.1, 0.15) is 10.9 Å². The fourth-order valence-corrected chi connectivity index (χ4v) is 4.86. The van der Waals surface area contributed by atoms with Gasteiger partial charge in [0.2, 0.25) is 11.8 Å². The summed E-state index contributed by atoms with van der Waals surface area (Å²) in [5.41, 5.74) is -0.00451. The van der Waals surface area contributed by atoms with E-state index in [1.54, 1.807) is 27.1 Å². The predicted octanol–water partition coefficient (Wildman–Crippen LogP) is 4.50. The second-order valence-corrected chi connectivity index (χ2v) is 11.3. The fraction of sp³-hybridized carbons (Fsp3) is 0.654. The van der Waals surface area contributed by atoms with Crippen LogP contribution in [0.4, 0.5) is 5.69 Å². The maximum Gasteiger partial charge on any atom is 0.348 e. The van der Waals surface area contributed by atoms with Crippen molar-refractivity contribution in [3.05, 3.63) is 15.8 Å². The molecule has 1 heterocycles. The first kappa shape index (κ1) is 27.9. The van der Waals surface area contributed by atoms with Gasteiger partial charge in [0, 0.05) is 32.0 Å². The quantitative estimate of drug-likeness (QED) is 0.542. The number of nitrogens with zero attached hydrogens (tertiary/aromatic N) is 2. The van der Waals surface area contributed by atoms with Crippen LogP contribution in [0.2, 0.25) is 0 Å². The molecule has 1 atom stereocenters. The van der Waals surface area contributed by atoms with Crippen LogP contribution in [-0.2, 0) is 14.3 Å². The topological polar surface area (TPSA) is 87.2 Å². The number of thiophene rings is 1. The van der Waals surface area contributed by atoms with Crippen LogP contribution in [0.3, 0.4) is 0 Å². The monoisotopic (exact) mass is 490 g/mol. The molecule has 0 aromatic carbocycles. The number of methoxy groups -OCH3 is 1. The third-order valence-electron chi connectivity index (χ3n) is 6.08. The minimum Gasteiger partial charge on any atom is -0.477 e. The SMILES string of the molecule is COCCN(C)C(=O)[C@H](C)N(c1cc(C#CC(C)(C)C)sc1C(=O)O)C(=O)[C@H]1CC[C@H](C)CC1. The van der Waals surface area contributed by atoms with E-state index in [2.05, 4.69) is 18.8 Å². The van der Waals surface area contributed by atoms with Crippen molar-refractivity contribution in [2.75, 3.05) is 32.2 Å². The summed E-state index contributed by atoms with van der Waals surface area (Å²) >= 11 is 1.04. The first-order valence-electron chi connectivity index (χ1n) is 11.8. The second kappa shape index (κ2) is 11.9. The van der Waals surface area contributed by atoms with Gasteiger partial charge in [-0.25, -0.2) is 4.79 Å². The molecule has 0 aliphatic heterocycles. The highest BCUT2D eigenvalue weighted by atomic mass is 32.1. The van der Waals surface area contributed by atoms with E-state index < -0.39 is 12.0 Å². The lowest BCUT2D eigenvalue weighted by Crippen LogP contribution is -2.51. The molecule has 0 saturated heterocycles. The first-order valence-corrected chi connectivity index (χ1v) is 12.6. The maximum absolute atomic E-state index is 13.8. The number of hydrogen-bond donors (Lipinski definition) is 1. The normalized spacial score (nSPS) is 19.0. The van der Waals surface area contributed by atoms with Gasteiger partial charge in [-0.3, -0.25) is 14.5 Å². The Morgan fingerprint density at radius 3 is 2.38 bits per heavy atom. The Hall–Kier alpha value is -2.37. The van der Waals surface area contributed by atoms with Crippen molar-refractivity contribution in [3.8, 4) is 11.8 Å². The summed E-state index contributed by atoms with van der Waals surface area (Å²) in [6, 6.07) is 0.791. The summed E-state index contributed by atoms with van der Waals surface area (Å²) in [5, 5.41) is 9.94. The molecule has 0 unspecified atom stereocenters. The van der Waals surface area contributed by atoms with E-state index in [1.165, 1.54) is 9.80 Å². The summed E-state index contributed by atoms with van der Waals surface area (Å²) < 4.78 is 5.08. The van der Waals surface area contributed by atoms with E-state index in [0.29, 0.717) is 23.9 Å². The highest BCUT2D eigenvalue weighted by molar-refractivity contribution is 7.15. The molecule has 1 aliphatic carbocycles. The second-order valence-electron chi connectivity index (χ2n) is 10.2. The Balaban J connectivity index is 2.53. The maximum atomic E-state index is 13.8. The lowest BCUT2D eigenvalue weighted by molar-refractivity contribution is -0.134. The molecule has 1 aliphatic rings. The van der Waals surface area contributed by atoms with Gasteiger partial charge in [-0.1, -0.05) is 18.8 Å². The van der Waals surface area contributed by atoms with Gasteiger partial charge < -0.3 is 14.7 Å². The van der Waals surface area contributed by atoms with Gasteiger partial charge in [0.25, 0.3) is 0 Å². The Kier molecular flexibility index (Phi) is 9.72. The summed E-state index contributed by atoms with van der Waals surface area (Å²) in [7, 11) is 3.22. The summed E-state index contributed by atoms with van der Waals surface area (Å²) in [6.07, 6.45) is 3.36. The number of hydrogen-bond acceptors (Lipinski definition) is 5. The van der Waals surface area contributed by atoms with Crippen molar-refractivity contribution in [1.82, 2.24) is 4.90 Å². The van der Waals surface area contributed by atoms with E-state index in [0.717, 1.165) is 37.0 Å². The van der Waals surface area contributed by atoms with Crippen LogP contribution in [0.1, 0.15) is 74.9 Å². The summed E-state index contributed by atoms with van der Waals surface area (Å²) in [4.78, 5) is 42.7. The highest BCUT2D eigenvalue weighted by Gasteiger charge is 2.37. The molecule has 188 valence electrons. The number of anilines is 1. The zero-order chi connectivity index (χ0) is 25.6. The molecule has 8 heteroatoms. The lowest BCUT2D eigenvalue weighted by Gasteiger charge is -2.35. The zero-order valence-electron chi connectivity index (χ0n) is 21.4. The lowest BCUT2D eigenvalue weighted by atomic mass is 9.82. The number of carboxylic acid groups (broad SMARTS) is 1. The van der Waals surface area contributed by atoms with E-state index >= 15 is 0 Å². The number of carbonyl (C=O) groups is 3. The van der Waals surface area contributed by atoms with Gasteiger partial charge in [0.05, 0.1) is 17.2 Å². The van der Waals surface area contributed by atoms with Crippen LogP contribution in [0.5, 0.6) is 0 Å². The Bertz CT molecular complexity index is 945. The van der Waals surface area contributed by atoms with E-state index in [1.807, 2.05) is 20.8 Å². The van der Waals surface area contributed by atoms with Crippen LogP contribution < -0.4 is 4.90 Å². The molecule has 1 N–H and O–H groups in total. The number of amides is 2. The first-order chi connectivity index (χ1) is 15.9. The van der Waals surface area contributed by atoms with Crippen molar-refractivity contribution in [2.45, 2.75) is 66.3 Å². The largest absolute Gasteiger partial charge is 0.477 e. The van der Waals surface area contributed by atoms with E-state index in [9.17, 15) is 19.5 Å². The summed E-state index contributed by atoms with van der Waals surface area (Å²) in [5.74, 6) is 4.91. The Morgan fingerprint density at radius 1 is 1.24 bits per heavy atom. The molecule has 0 spiro atoms. The third-order valence-corrected chi connectivity index (χ3v) is 7.11. The molecule has 7 nitrogen and oxygen atoms in total. The molecule has 2 rings (SSSR count). The summed E-state index contributed by atoms with van der Waals surface area (Å²) in [6.45, 7) is 10.5. The van der Waals surface area contributed by atoms with E-state index in [-0.39, 0.29) is 33.7 Å². The van der Waals surface area contributed by atoms with Gasteiger partial charge in [0.15, 0.2) is 0 Å². The van der Waals surface area contributed by atoms with Crippen molar-refractivity contribution >= 4 is 34.8 Å². The number of aromatic carboxylic acids is 1. The molecular formula is C26H38N2O5S. The molecule has 2 amide bonds. The van der Waals surface area contributed by atoms with Gasteiger partial charge in [-0.15, -0.1) is 11.3 Å². The smallest absolute Gasteiger partial charge is 0.348 e. The molecule has 1 fully saturated rings. The Morgan fingerprint density at radius 2 is 1.85 bits per heavy atom. The number of carbonyl (C=O) groups excluding carboxylic acids is 2. The van der Waals surface area contributed by atoms with Gasteiger partial charge in [-0.05, 0) is 65.4 Å². The third kappa shape index (κ3) is 7.31. The molecule has 1 saturated carbocycles. The van der Waals surface area contributed by atoms with Crippen molar-refractivity contribution < 1.29 is 24.2 Å². The van der Waals surface area contributed by atoms with Gasteiger partial charge >= 0.3 is 5.97 Å². The molecule has 1 aromatic heterocycles. The van der Waals surface area contributed by atoms with Crippen molar-refractivity contribution in [2.24, 2.45) is 17.3 Å². The molecule has 0 radical (unpaired) electrons. The average Bonchev–Trinajstić information content (AvgIpc) is 3.19. The van der Waals surface area contributed by atoms with Crippen LogP contribution in [0.15, 0.2) is 6.07 Å². The fourth-order valence-electron chi connectivity index (χ4n) is 4.01. The standard InChI is InChI=1S/C26H38N2O5S/c1-17-8-10-19(11-9-17)24(30)28(18(2)23(29)27(6)14-15-33-7)21-16-20(12-13-26(3,4)5)34-22(21)25(31)32/h16-19H,8-11,14-15H2,1-7H3,(H,31,32)/t17-,18-,19-/m0/s1. The van der Waals surface area contributed by atoms with Crippen LogP contribution in [0, 0.1) is 29.1 Å².